The quantitative estimate of drug-likeness (QED) is 0.730. The van der Waals surface area contributed by atoms with Gasteiger partial charge in [0.05, 0.1) is 25.0 Å². The summed E-state index contributed by atoms with van der Waals surface area (Å²) in [5.41, 5.74) is 1.59. The first-order chi connectivity index (χ1) is 11.8. The molecule has 0 amide bonds. The van der Waals surface area contributed by atoms with E-state index in [9.17, 15) is 4.79 Å². The molecular formula is C19H16N2O3. The van der Waals surface area contributed by atoms with Gasteiger partial charge in [-0.1, -0.05) is 24.3 Å². The number of benzene rings is 2. The van der Waals surface area contributed by atoms with Gasteiger partial charge in [0, 0.05) is 6.07 Å². The van der Waals surface area contributed by atoms with Gasteiger partial charge < -0.3 is 9.15 Å². The molecule has 2 heterocycles. The number of rotatable bonds is 3. The van der Waals surface area contributed by atoms with E-state index in [2.05, 4.69) is 10.2 Å². The summed E-state index contributed by atoms with van der Waals surface area (Å²) in [6.07, 6.45) is 0. The minimum absolute atomic E-state index is 0.0350. The summed E-state index contributed by atoms with van der Waals surface area (Å²) in [6, 6.07) is 16.4. The predicted molar refractivity (Wildman–Crippen MR) is 90.7 cm³/mol. The van der Waals surface area contributed by atoms with Gasteiger partial charge in [-0.2, -0.15) is 10.2 Å². The zero-order valence-corrected chi connectivity index (χ0v) is 13.2. The monoisotopic (exact) mass is 320 g/mol. The maximum absolute atomic E-state index is 12.3. The van der Waals surface area contributed by atoms with Crippen molar-refractivity contribution < 1.29 is 9.15 Å². The van der Waals surface area contributed by atoms with Gasteiger partial charge in [-0.05, 0) is 29.8 Å². The van der Waals surface area contributed by atoms with E-state index in [0.29, 0.717) is 23.3 Å². The Labute approximate surface area is 138 Å². The molecule has 1 aliphatic heterocycles. The van der Waals surface area contributed by atoms with Crippen LogP contribution in [-0.4, -0.2) is 13.7 Å². The van der Waals surface area contributed by atoms with Crippen LogP contribution in [-0.2, 0) is 0 Å². The van der Waals surface area contributed by atoms with Gasteiger partial charge >= 0.3 is 0 Å². The van der Waals surface area contributed by atoms with Crippen molar-refractivity contribution in [3.63, 3.8) is 0 Å². The molecule has 0 bridgehead atoms. The molecule has 0 saturated carbocycles. The van der Waals surface area contributed by atoms with E-state index in [1.54, 1.807) is 19.2 Å². The second kappa shape index (κ2) is 5.92. The summed E-state index contributed by atoms with van der Waals surface area (Å²) in [5.74, 6) is 1.35. The Balaban J connectivity index is 1.74. The summed E-state index contributed by atoms with van der Waals surface area (Å²) >= 11 is 0. The summed E-state index contributed by atoms with van der Waals surface area (Å²) in [6.45, 7) is 0.512. The number of para-hydroxylation sites is 1. The van der Waals surface area contributed by atoms with Crippen molar-refractivity contribution in [2.75, 3.05) is 13.7 Å². The van der Waals surface area contributed by atoms with Crippen LogP contribution in [0.2, 0.25) is 0 Å². The summed E-state index contributed by atoms with van der Waals surface area (Å²) in [5, 5.41) is 9.13. The maximum atomic E-state index is 12.3. The van der Waals surface area contributed by atoms with Crippen molar-refractivity contribution in [1.29, 1.82) is 0 Å². The van der Waals surface area contributed by atoms with Crippen LogP contribution in [0.1, 0.15) is 23.3 Å². The van der Waals surface area contributed by atoms with Crippen molar-refractivity contribution in [1.82, 2.24) is 0 Å². The van der Waals surface area contributed by atoms with Gasteiger partial charge in [0.25, 0.3) is 0 Å². The first kappa shape index (κ1) is 14.6. The molecule has 5 heteroatoms. The summed E-state index contributed by atoms with van der Waals surface area (Å²) in [4.78, 5) is 12.3. The molecule has 0 N–H and O–H groups in total. The minimum atomic E-state index is -0.153. The van der Waals surface area contributed by atoms with Crippen LogP contribution in [0.3, 0.4) is 0 Å². The highest BCUT2D eigenvalue weighted by molar-refractivity contribution is 5.76. The molecule has 3 aromatic rings. The van der Waals surface area contributed by atoms with Gasteiger partial charge in [0.2, 0.25) is 0 Å². The molecule has 1 aromatic heterocycles. The van der Waals surface area contributed by atoms with Crippen LogP contribution in [0.4, 0.5) is 0 Å². The number of hydrogen-bond donors (Lipinski definition) is 0. The third-order valence-electron chi connectivity index (χ3n) is 4.34. The maximum Gasteiger partial charge on any atom is 0.192 e. The zero-order chi connectivity index (χ0) is 16.5. The highest BCUT2D eigenvalue weighted by Crippen LogP contribution is 2.39. The van der Waals surface area contributed by atoms with Gasteiger partial charge in [-0.25, -0.2) is 0 Å². The Bertz CT molecular complexity index is 960. The molecule has 4 rings (SSSR count). The molecule has 24 heavy (non-hydrogen) atoms. The Kier molecular flexibility index (Phi) is 3.61. The Morgan fingerprint density at radius 1 is 1.12 bits per heavy atom. The van der Waals surface area contributed by atoms with Crippen LogP contribution < -0.4 is 10.2 Å². The second-order valence-corrected chi connectivity index (χ2v) is 5.77. The molecule has 0 aliphatic carbocycles. The van der Waals surface area contributed by atoms with Crippen molar-refractivity contribution in [3.05, 3.63) is 76.1 Å². The molecule has 0 saturated heterocycles. The van der Waals surface area contributed by atoms with Gasteiger partial charge in [-0.15, -0.1) is 0 Å². The van der Waals surface area contributed by atoms with Gasteiger partial charge in [0.15, 0.2) is 5.43 Å². The topological polar surface area (TPSA) is 64.2 Å². The molecular weight excluding hydrogens is 304 g/mol. The van der Waals surface area contributed by atoms with E-state index in [-0.39, 0.29) is 17.4 Å². The second-order valence-electron chi connectivity index (χ2n) is 5.77. The predicted octanol–water partition coefficient (Wildman–Crippen LogP) is 4.09. The number of nitrogens with zero attached hydrogens (tertiary/aromatic N) is 2. The lowest BCUT2D eigenvalue weighted by Crippen LogP contribution is -2.11. The van der Waals surface area contributed by atoms with E-state index in [0.717, 1.165) is 11.3 Å². The van der Waals surface area contributed by atoms with Crippen LogP contribution in [0.25, 0.3) is 11.0 Å². The van der Waals surface area contributed by atoms with E-state index in [1.807, 2.05) is 42.5 Å². The highest BCUT2D eigenvalue weighted by atomic mass is 16.5. The van der Waals surface area contributed by atoms with Gasteiger partial charge in [-0.3, -0.25) is 4.79 Å². The van der Waals surface area contributed by atoms with Crippen LogP contribution in [0.5, 0.6) is 5.75 Å². The Hall–Kier alpha value is -2.95. The number of ether oxygens (including phenoxy) is 1. The SMILES string of the molecule is COc1ccc(C2N=NCC2c2cc(=O)c3ccccc3o2)cc1. The number of azo groups is 1. The fraction of sp³-hybridized carbons (Fsp3) is 0.211. The molecule has 2 unspecified atom stereocenters. The van der Waals surface area contributed by atoms with E-state index in [4.69, 9.17) is 9.15 Å². The smallest absolute Gasteiger partial charge is 0.192 e. The number of fused-ring (bicyclic) bond motifs is 1. The highest BCUT2D eigenvalue weighted by Gasteiger charge is 2.31. The summed E-state index contributed by atoms with van der Waals surface area (Å²) in [7, 11) is 1.64. The van der Waals surface area contributed by atoms with Crippen molar-refractivity contribution in [2.45, 2.75) is 12.0 Å². The lowest BCUT2D eigenvalue weighted by molar-refractivity contribution is 0.414. The Morgan fingerprint density at radius 2 is 1.92 bits per heavy atom. The molecule has 0 radical (unpaired) electrons. The van der Waals surface area contributed by atoms with E-state index >= 15 is 0 Å². The minimum Gasteiger partial charge on any atom is -0.497 e. The molecule has 2 aromatic carbocycles. The fourth-order valence-corrected chi connectivity index (χ4v) is 3.05. The van der Waals surface area contributed by atoms with E-state index < -0.39 is 0 Å². The molecule has 5 nitrogen and oxygen atoms in total. The van der Waals surface area contributed by atoms with Crippen LogP contribution in [0.15, 0.2) is 74.0 Å². The van der Waals surface area contributed by atoms with Crippen molar-refractivity contribution >= 4 is 11.0 Å². The normalized spacial score (nSPS) is 19.7. The van der Waals surface area contributed by atoms with Crippen LogP contribution in [0, 0.1) is 0 Å². The average Bonchev–Trinajstić information content (AvgIpc) is 3.11. The third-order valence-corrected chi connectivity index (χ3v) is 4.34. The standard InChI is InChI=1S/C19H16N2O3/c1-23-13-8-6-12(7-9-13)19-15(11-20-21-19)18-10-16(22)14-4-2-3-5-17(14)24-18/h2-10,15,19H,11H2,1H3. The first-order valence-electron chi connectivity index (χ1n) is 7.79. The van der Waals surface area contributed by atoms with Crippen LogP contribution >= 0.6 is 0 Å². The zero-order valence-electron chi connectivity index (χ0n) is 13.2. The number of hydrogen-bond acceptors (Lipinski definition) is 5. The molecule has 0 spiro atoms. The largest absolute Gasteiger partial charge is 0.497 e. The van der Waals surface area contributed by atoms with Crippen molar-refractivity contribution in [2.24, 2.45) is 10.2 Å². The van der Waals surface area contributed by atoms with E-state index in [1.165, 1.54) is 0 Å². The average molecular weight is 320 g/mol. The molecule has 0 fully saturated rings. The molecule has 120 valence electrons. The molecule has 2 atom stereocenters. The summed E-state index contributed by atoms with van der Waals surface area (Å²) < 4.78 is 11.2. The first-order valence-corrected chi connectivity index (χ1v) is 7.79. The lowest BCUT2D eigenvalue weighted by atomic mass is 9.92. The Morgan fingerprint density at radius 3 is 2.71 bits per heavy atom. The van der Waals surface area contributed by atoms with Gasteiger partial charge in [0.1, 0.15) is 23.1 Å². The van der Waals surface area contributed by atoms with Crippen molar-refractivity contribution in [3.8, 4) is 5.75 Å². The molecule has 1 aliphatic rings. The lowest BCUT2D eigenvalue weighted by Gasteiger charge is -2.16. The number of methoxy groups -OCH3 is 1. The third kappa shape index (κ3) is 2.48. The fourth-order valence-electron chi connectivity index (χ4n) is 3.05.